The van der Waals surface area contributed by atoms with Gasteiger partial charge in [-0.15, -0.1) is 0 Å². The number of aryl methyl sites for hydroxylation is 1. The van der Waals surface area contributed by atoms with E-state index in [9.17, 15) is 14.3 Å². The number of carboxylic acids is 1. The van der Waals surface area contributed by atoms with Gasteiger partial charge < -0.3 is 14.4 Å². The molecule has 1 heterocycles. The van der Waals surface area contributed by atoms with Crippen LogP contribution < -0.4 is 4.74 Å². The molecule has 4 nitrogen and oxygen atoms in total. The number of rotatable bonds is 6. The Balaban J connectivity index is 1.62. The summed E-state index contributed by atoms with van der Waals surface area (Å²) in [5.41, 5.74) is 4.29. The Kier molecular flexibility index (Phi) is 6.01. The highest BCUT2D eigenvalue weighted by atomic mass is 35.5. The van der Waals surface area contributed by atoms with Crippen molar-refractivity contribution in [2.24, 2.45) is 0 Å². The zero-order valence-corrected chi connectivity index (χ0v) is 19.6. The fourth-order valence-corrected chi connectivity index (χ4v) is 4.43. The number of ether oxygens (including phenoxy) is 1. The summed E-state index contributed by atoms with van der Waals surface area (Å²) in [5, 5.41) is 11.9. The van der Waals surface area contributed by atoms with Crippen molar-refractivity contribution in [1.29, 1.82) is 0 Å². The summed E-state index contributed by atoms with van der Waals surface area (Å²) in [6.07, 6.45) is 0. The van der Waals surface area contributed by atoms with Crippen molar-refractivity contribution in [2.75, 3.05) is 0 Å². The molecule has 1 aromatic heterocycles. The molecule has 0 saturated carbocycles. The van der Waals surface area contributed by atoms with E-state index in [4.69, 9.17) is 16.3 Å². The van der Waals surface area contributed by atoms with Gasteiger partial charge in [-0.2, -0.15) is 0 Å². The lowest BCUT2D eigenvalue weighted by molar-refractivity contribution is 0.0699. The Morgan fingerprint density at radius 1 is 0.971 bits per heavy atom. The van der Waals surface area contributed by atoms with Gasteiger partial charge in [-0.05, 0) is 77.9 Å². The number of nitrogens with zero attached hydrogens (tertiary/aromatic N) is 1. The normalized spacial score (nSPS) is 11.1. The van der Waals surface area contributed by atoms with Crippen molar-refractivity contribution in [1.82, 2.24) is 4.57 Å². The number of carbonyl (C=O) groups is 1. The summed E-state index contributed by atoms with van der Waals surface area (Å²) >= 11 is 6.37. The van der Waals surface area contributed by atoms with Crippen molar-refractivity contribution < 1.29 is 19.0 Å². The zero-order chi connectivity index (χ0) is 24.5. The lowest BCUT2D eigenvalue weighted by Crippen LogP contribution is -2.05. The minimum absolute atomic E-state index is 0.232. The molecule has 1 N–H and O–H groups in total. The zero-order valence-electron chi connectivity index (χ0n) is 18.8. The van der Waals surface area contributed by atoms with Crippen LogP contribution >= 0.6 is 11.6 Å². The van der Waals surface area contributed by atoms with E-state index in [1.165, 1.54) is 12.1 Å². The van der Waals surface area contributed by atoms with Gasteiger partial charge in [-0.1, -0.05) is 48.0 Å². The molecular formula is C29H21ClFNO3. The molecule has 0 atom stereocenters. The second kappa shape index (κ2) is 9.28. The third kappa shape index (κ3) is 4.51. The summed E-state index contributed by atoms with van der Waals surface area (Å²) in [7, 11) is 0. The minimum atomic E-state index is -0.986. The highest BCUT2D eigenvalue weighted by Crippen LogP contribution is 2.37. The predicted molar refractivity (Wildman–Crippen MR) is 136 cm³/mol. The molecule has 0 fully saturated rings. The molecule has 0 bridgehead atoms. The maximum atomic E-state index is 13.3. The van der Waals surface area contributed by atoms with Gasteiger partial charge in [0, 0.05) is 22.0 Å². The van der Waals surface area contributed by atoms with Gasteiger partial charge in [-0.25, -0.2) is 9.18 Å². The summed E-state index contributed by atoms with van der Waals surface area (Å²) < 4.78 is 21.4. The van der Waals surface area contributed by atoms with E-state index in [2.05, 4.69) is 0 Å². The molecule has 5 aromatic rings. The van der Waals surface area contributed by atoms with E-state index in [0.717, 1.165) is 33.6 Å². The molecule has 6 heteroatoms. The molecule has 0 aliphatic carbocycles. The van der Waals surface area contributed by atoms with E-state index in [1.54, 1.807) is 30.3 Å². The Hall–Kier alpha value is -4.09. The van der Waals surface area contributed by atoms with Crippen LogP contribution in [0.5, 0.6) is 5.75 Å². The van der Waals surface area contributed by atoms with Gasteiger partial charge in [0.05, 0.1) is 11.3 Å². The maximum Gasteiger partial charge on any atom is 0.336 e. The Morgan fingerprint density at radius 3 is 2.51 bits per heavy atom. The fourth-order valence-electron chi connectivity index (χ4n) is 4.26. The van der Waals surface area contributed by atoms with Crippen LogP contribution in [0, 0.1) is 12.7 Å². The molecule has 35 heavy (non-hydrogen) atoms. The molecule has 0 spiro atoms. The van der Waals surface area contributed by atoms with E-state index >= 15 is 0 Å². The van der Waals surface area contributed by atoms with E-state index in [-0.39, 0.29) is 18.0 Å². The Labute approximate surface area is 206 Å². The second-order valence-electron chi connectivity index (χ2n) is 8.27. The van der Waals surface area contributed by atoms with Crippen LogP contribution in [-0.4, -0.2) is 15.6 Å². The maximum absolute atomic E-state index is 13.3. The van der Waals surface area contributed by atoms with Gasteiger partial charge in [0.2, 0.25) is 0 Å². The van der Waals surface area contributed by atoms with Gasteiger partial charge >= 0.3 is 5.97 Å². The number of hydrogen-bond acceptors (Lipinski definition) is 2. The van der Waals surface area contributed by atoms with E-state index in [0.29, 0.717) is 16.2 Å². The molecule has 0 amide bonds. The quantitative estimate of drug-likeness (QED) is 0.268. The first-order chi connectivity index (χ1) is 16.9. The molecule has 0 aliphatic rings. The van der Waals surface area contributed by atoms with Crippen molar-refractivity contribution in [2.45, 2.75) is 13.5 Å². The number of hydrogen-bond donors (Lipinski definition) is 1. The summed E-state index contributed by atoms with van der Waals surface area (Å²) in [5.74, 6) is -0.678. The average molecular weight is 486 g/mol. The number of aromatic carboxylic acids is 1. The van der Waals surface area contributed by atoms with Gasteiger partial charge in [0.1, 0.15) is 18.2 Å². The van der Waals surface area contributed by atoms with Crippen LogP contribution in [0.1, 0.15) is 21.6 Å². The van der Waals surface area contributed by atoms with Crippen LogP contribution in [0.2, 0.25) is 5.02 Å². The van der Waals surface area contributed by atoms with Gasteiger partial charge in [0.25, 0.3) is 0 Å². The number of halogens is 2. The van der Waals surface area contributed by atoms with Crippen LogP contribution in [0.3, 0.4) is 0 Å². The monoisotopic (exact) mass is 485 g/mol. The van der Waals surface area contributed by atoms with Gasteiger partial charge in [0.15, 0.2) is 0 Å². The molecule has 0 unspecified atom stereocenters. The molecule has 4 aromatic carbocycles. The average Bonchev–Trinajstić information content (AvgIpc) is 3.24. The SMILES string of the molecule is Cc1ccc(-c2cc(Cl)ccc2OCc2ccc(F)cc2)n1-c1cc(C(=O)O)c2ccccc2c1. The Bertz CT molecular complexity index is 1560. The third-order valence-electron chi connectivity index (χ3n) is 5.94. The summed E-state index contributed by atoms with van der Waals surface area (Å²) in [4.78, 5) is 12.0. The lowest BCUT2D eigenvalue weighted by atomic mass is 10.0. The second-order valence-corrected chi connectivity index (χ2v) is 8.71. The first-order valence-electron chi connectivity index (χ1n) is 11.0. The molecule has 0 aliphatic heterocycles. The van der Waals surface area contributed by atoms with Crippen LogP contribution in [0.25, 0.3) is 27.7 Å². The first-order valence-corrected chi connectivity index (χ1v) is 11.4. The van der Waals surface area contributed by atoms with Crippen molar-refractivity contribution in [3.05, 3.63) is 119 Å². The number of benzene rings is 4. The van der Waals surface area contributed by atoms with Crippen molar-refractivity contribution in [3.63, 3.8) is 0 Å². The minimum Gasteiger partial charge on any atom is -0.488 e. The number of fused-ring (bicyclic) bond motifs is 1. The fraction of sp³-hybridized carbons (Fsp3) is 0.0690. The third-order valence-corrected chi connectivity index (χ3v) is 6.17. The standard InChI is InChI=1S/C29H21ClFNO3/c1-18-6-12-27(32(18)23-14-20-4-2-3-5-24(20)25(16-23)29(33)34)26-15-21(30)9-13-28(26)35-17-19-7-10-22(31)11-8-19/h2-16H,17H2,1H3,(H,33,34). The van der Waals surface area contributed by atoms with Gasteiger partial charge in [-0.3, -0.25) is 0 Å². The highest BCUT2D eigenvalue weighted by molar-refractivity contribution is 6.31. The molecule has 0 saturated heterocycles. The number of carboxylic acid groups (broad SMARTS) is 1. The van der Waals surface area contributed by atoms with Crippen LogP contribution in [-0.2, 0) is 6.61 Å². The lowest BCUT2D eigenvalue weighted by Gasteiger charge is -2.17. The molecule has 0 radical (unpaired) electrons. The molecular weight excluding hydrogens is 465 g/mol. The highest BCUT2D eigenvalue weighted by Gasteiger charge is 2.18. The van der Waals surface area contributed by atoms with E-state index < -0.39 is 5.97 Å². The largest absolute Gasteiger partial charge is 0.488 e. The molecule has 174 valence electrons. The summed E-state index contributed by atoms with van der Waals surface area (Å²) in [6.45, 7) is 2.22. The topological polar surface area (TPSA) is 51.5 Å². The smallest absolute Gasteiger partial charge is 0.336 e. The molecule has 5 rings (SSSR count). The van der Waals surface area contributed by atoms with E-state index in [1.807, 2.05) is 60.0 Å². The van der Waals surface area contributed by atoms with Crippen molar-refractivity contribution >= 4 is 28.3 Å². The van der Waals surface area contributed by atoms with Crippen LogP contribution in [0.15, 0.2) is 91.0 Å². The Morgan fingerprint density at radius 2 is 1.74 bits per heavy atom. The first kappa shape index (κ1) is 22.7. The predicted octanol–water partition coefficient (Wildman–Crippen LogP) is 7.68. The summed E-state index contributed by atoms with van der Waals surface area (Å²) in [6, 6.07) is 26.6. The number of aromatic nitrogens is 1. The van der Waals surface area contributed by atoms with Crippen molar-refractivity contribution in [3.8, 4) is 22.7 Å². The van der Waals surface area contributed by atoms with Crippen LogP contribution in [0.4, 0.5) is 4.39 Å².